The molecule has 1 aromatic heterocycles. The molecule has 0 spiro atoms. The van der Waals surface area contributed by atoms with Gasteiger partial charge in [0.05, 0.1) is 12.4 Å². The first-order valence-electron chi connectivity index (χ1n) is 9.40. The van der Waals surface area contributed by atoms with E-state index >= 15 is 0 Å². The minimum atomic E-state index is -0.621. The SMILES string of the molecule is CCCCCCCCCC(=O)NCCNC(=O)C(N)Cc1cnc[nH]1. The second-order valence-electron chi connectivity index (χ2n) is 6.40. The lowest BCUT2D eigenvalue weighted by molar-refractivity contribution is -0.123. The van der Waals surface area contributed by atoms with E-state index in [2.05, 4.69) is 27.5 Å². The highest BCUT2D eigenvalue weighted by atomic mass is 16.2. The van der Waals surface area contributed by atoms with Crippen molar-refractivity contribution in [2.45, 2.75) is 70.8 Å². The Morgan fingerprint density at radius 2 is 1.80 bits per heavy atom. The molecule has 0 saturated carbocycles. The summed E-state index contributed by atoms with van der Waals surface area (Å²) >= 11 is 0. The van der Waals surface area contributed by atoms with Crippen LogP contribution in [0.15, 0.2) is 12.5 Å². The Kier molecular flexibility index (Phi) is 11.3. The van der Waals surface area contributed by atoms with Gasteiger partial charge in [0.25, 0.3) is 0 Å². The summed E-state index contributed by atoms with van der Waals surface area (Å²) in [5.41, 5.74) is 6.65. The summed E-state index contributed by atoms with van der Waals surface area (Å²) in [6.07, 6.45) is 12.5. The Bertz CT molecular complexity index is 476. The number of H-pyrrole nitrogens is 1. The zero-order chi connectivity index (χ0) is 18.3. The molecule has 0 saturated heterocycles. The molecule has 1 atom stereocenters. The Morgan fingerprint density at radius 3 is 2.48 bits per heavy atom. The second-order valence-corrected chi connectivity index (χ2v) is 6.40. The number of nitrogens with two attached hydrogens (primary N) is 1. The molecule has 1 unspecified atom stereocenters. The van der Waals surface area contributed by atoms with Crippen LogP contribution in [-0.2, 0) is 16.0 Å². The predicted octanol–water partition coefficient (Wildman–Crippen LogP) is 1.65. The summed E-state index contributed by atoms with van der Waals surface area (Å²) in [5, 5.41) is 5.56. The van der Waals surface area contributed by atoms with Gasteiger partial charge in [0.2, 0.25) is 11.8 Å². The molecule has 1 heterocycles. The summed E-state index contributed by atoms with van der Waals surface area (Å²) in [6.45, 7) is 3.02. The fourth-order valence-electron chi connectivity index (χ4n) is 2.58. The largest absolute Gasteiger partial charge is 0.354 e. The number of nitrogens with one attached hydrogen (secondary N) is 3. The van der Waals surface area contributed by atoms with Crippen molar-refractivity contribution in [3.05, 3.63) is 18.2 Å². The quantitative estimate of drug-likeness (QED) is 0.382. The first kappa shape index (κ1) is 21.2. The van der Waals surface area contributed by atoms with E-state index in [1.165, 1.54) is 32.1 Å². The standard InChI is InChI=1S/C18H33N5O2/c1-2-3-4-5-6-7-8-9-17(24)21-10-11-22-18(25)16(19)12-15-13-20-14-23-15/h13-14,16H,2-12,19H2,1H3,(H,20,23)(H,21,24)(H,22,25). The van der Waals surface area contributed by atoms with Crippen LogP contribution in [0.5, 0.6) is 0 Å². The van der Waals surface area contributed by atoms with Gasteiger partial charge in [0.1, 0.15) is 0 Å². The molecule has 0 aromatic carbocycles. The molecule has 1 aromatic rings. The number of carbonyl (C=O) groups is 2. The summed E-state index contributed by atoms with van der Waals surface area (Å²) in [5.74, 6) is -0.180. The number of amides is 2. The van der Waals surface area contributed by atoms with Gasteiger partial charge in [-0.2, -0.15) is 0 Å². The van der Waals surface area contributed by atoms with Crippen molar-refractivity contribution < 1.29 is 9.59 Å². The van der Waals surface area contributed by atoms with Gasteiger partial charge in [-0.05, 0) is 6.42 Å². The minimum absolute atomic E-state index is 0.0459. The van der Waals surface area contributed by atoms with E-state index in [9.17, 15) is 9.59 Å². The molecule has 0 aliphatic rings. The first-order valence-corrected chi connectivity index (χ1v) is 9.40. The molecule has 0 aliphatic heterocycles. The van der Waals surface area contributed by atoms with E-state index in [-0.39, 0.29) is 11.8 Å². The third-order valence-electron chi connectivity index (χ3n) is 4.09. The van der Waals surface area contributed by atoms with E-state index < -0.39 is 6.04 Å². The molecule has 1 rings (SSSR count). The molecule has 7 heteroatoms. The molecule has 0 bridgehead atoms. The number of hydrogen-bond acceptors (Lipinski definition) is 4. The summed E-state index contributed by atoms with van der Waals surface area (Å²) in [4.78, 5) is 30.4. The van der Waals surface area contributed by atoms with E-state index in [4.69, 9.17) is 5.73 Å². The van der Waals surface area contributed by atoms with Gasteiger partial charge in [-0.25, -0.2) is 4.98 Å². The Balaban J connectivity index is 1.97. The van der Waals surface area contributed by atoms with Crippen LogP contribution in [0.25, 0.3) is 0 Å². The topological polar surface area (TPSA) is 113 Å². The average Bonchev–Trinajstić information content (AvgIpc) is 3.10. The molecular weight excluding hydrogens is 318 g/mol. The smallest absolute Gasteiger partial charge is 0.237 e. The minimum Gasteiger partial charge on any atom is -0.354 e. The lowest BCUT2D eigenvalue weighted by atomic mass is 10.1. The van der Waals surface area contributed by atoms with E-state index in [1.54, 1.807) is 12.5 Å². The number of aromatic nitrogens is 2. The van der Waals surface area contributed by atoms with Crippen molar-refractivity contribution >= 4 is 11.8 Å². The van der Waals surface area contributed by atoms with Gasteiger partial charge in [0.15, 0.2) is 0 Å². The summed E-state index contributed by atoms with van der Waals surface area (Å²) in [6, 6.07) is -0.621. The monoisotopic (exact) mass is 351 g/mol. The molecule has 0 radical (unpaired) electrons. The molecule has 7 nitrogen and oxygen atoms in total. The number of rotatable bonds is 14. The normalized spacial score (nSPS) is 11.9. The Labute approximate surface area is 150 Å². The van der Waals surface area contributed by atoms with Gasteiger partial charge in [-0.3, -0.25) is 9.59 Å². The molecule has 142 valence electrons. The fourth-order valence-corrected chi connectivity index (χ4v) is 2.58. The molecule has 5 N–H and O–H groups in total. The molecule has 0 fully saturated rings. The Hall–Kier alpha value is -1.89. The lowest BCUT2D eigenvalue weighted by Gasteiger charge is -2.11. The highest BCUT2D eigenvalue weighted by molar-refractivity contribution is 5.81. The van der Waals surface area contributed by atoms with Crippen molar-refractivity contribution in [3.63, 3.8) is 0 Å². The van der Waals surface area contributed by atoms with E-state index in [0.29, 0.717) is 25.9 Å². The fraction of sp³-hybridized carbons (Fsp3) is 0.722. The molecular formula is C18H33N5O2. The van der Waals surface area contributed by atoms with Crippen molar-refractivity contribution in [1.82, 2.24) is 20.6 Å². The summed E-state index contributed by atoms with van der Waals surface area (Å²) < 4.78 is 0. The maximum absolute atomic E-state index is 11.8. The number of hydrogen-bond donors (Lipinski definition) is 4. The van der Waals surface area contributed by atoms with Crippen molar-refractivity contribution in [3.8, 4) is 0 Å². The van der Waals surface area contributed by atoms with Crippen LogP contribution in [0.3, 0.4) is 0 Å². The molecule has 25 heavy (non-hydrogen) atoms. The highest BCUT2D eigenvalue weighted by Crippen LogP contribution is 2.08. The number of carbonyl (C=O) groups excluding carboxylic acids is 2. The lowest BCUT2D eigenvalue weighted by Crippen LogP contribution is -2.44. The van der Waals surface area contributed by atoms with Crippen molar-refractivity contribution in [2.24, 2.45) is 5.73 Å². The zero-order valence-corrected chi connectivity index (χ0v) is 15.4. The number of unbranched alkanes of at least 4 members (excludes halogenated alkanes) is 6. The van der Waals surface area contributed by atoms with Crippen LogP contribution in [0, 0.1) is 0 Å². The predicted molar refractivity (Wildman–Crippen MR) is 98.9 cm³/mol. The van der Waals surface area contributed by atoms with Crippen LogP contribution >= 0.6 is 0 Å². The van der Waals surface area contributed by atoms with Crippen LogP contribution in [-0.4, -0.2) is 40.9 Å². The van der Waals surface area contributed by atoms with Crippen molar-refractivity contribution in [1.29, 1.82) is 0 Å². The molecule has 0 aliphatic carbocycles. The van der Waals surface area contributed by atoms with Gasteiger partial charge in [-0.1, -0.05) is 45.4 Å². The first-order chi connectivity index (χ1) is 12.1. The number of aromatic amines is 1. The van der Waals surface area contributed by atoms with Crippen LogP contribution < -0.4 is 16.4 Å². The van der Waals surface area contributed by atoms with Crippen LogP contribution in [0.2, 0.25) is 0 Å². The number of imidazole rings is 1. The van der Waals surface area contributed by atoms with E-state index in [0.717, 1.165) is 18.5 Å². The maximum atomic E-state index is 11.8. The van der Waals surface area contributed by atoms with Crippen LogP contribution in [0.1, 0.15) is 64.0 Å². The second kappa shape index (κ2) is 13.4. The zero-order valence-electron chi connectivity index (χ0n) is 15.4. The van der Waals surface area contributed by atoms with Gasteiger partial charge in [-0.15, -0.1) is 0 Å². The van der Waals surface area contributed by atoms with Gasteiger partial charge >= 0.3 is 0 Å². The van der Waals surface area contributed by atoms with Crippen LogP contribution in [0.4, 0.5) is 0 Å². The maximum Gasteiger partial charge on any atom is 0.237 e. The third-order valence-corrected chi connectivity index (χ3v) is 4.09. The van der Waals surface area contributed by atoms with Gasteiger partial charge in [0, 0.05) is 37.8 Å². The average molecular weight is 351 g/mol. The molecule has 2 amide bonds. The Morgan fingerprint density at radius 1 is 1.12 bits per heavy atom. The summed E-state index contributed by atoms with van der Waals surface area (Å²) in [7, 11) is 0. The highest BCUT2D eigenvalue weighted by Gasteiger charge is 2.14. The third kappa shape index (κ3) is 10.6. The number of nitrogens with zero attached hydrogens (tertiary/aromatic N) is 1. The van der Waals surface area contributed by atoms with E-state index in [1.807, 2.05) is 0 Å². The van der Waals surface area contributed by atoms with Crippen molar-refractivity contribution in [2.75, 3.05) is 13.1 Å². The van der Waals surface area contributed by atoms with Gasteiger partial charge < -0.3 is 21.4 Å².